The van der Waals surface area contributed by atoms with Crippen LogP contribution in [-0.4, -0.2) is 19.7 Å². The van der Waals surface area contributed by atoms with Crippen LogP contribution in [0.2, 0.25) is 0 Å². The van der Waals surface area contributed by atoms with Crippen LogP contribution in [-0.2, 0) is 13.1 Å². The molecule has 5 rings (SSSR count). The van der Waals surface area contributed by atoms with Crippen molar-refractivity contribution in [1.82, 2.24) is 9.47 Å². The molecule has 152 valence electrons. The van der Waals surface area contributed by atoms with E-state index in [9.17, 15) is 4.79 Å². The molecule has 3 aromatic carbocycles. The molecule has 0 bridgehead atoms. The van der Waals surface area contributed by atoms with Crippen molar-refractivity contribution in [2.75, 3.05) is 0 Å². The van der Waals surface area contributed by atoms with E-state index in [1.165, 1.54) is 22.8 Å². The van der Waals surface area contributed by atoms with Gasteiger partial charge in [-0.25, -0.2) is 0 Å². The molecule has 0 N–H and O–H groups in total. The number of hydrogen-bond acceptors (Lipinski definition) is 3. The van der Waals surface area contributed by atoms with Gasteiger partial charge in [0.25, 0.3) is 5.24 Å². The second-order valence-corrected chi connectivity index (χ2v) is 8.85. The number of rotatable bonds is 5. The average molecular weight is 441 g/mol. The maximum Gasteiger partial charge on any atom is 0.291 e. The molecule has 2 heterocycles. The highest BCUT2D eigenvalue weighted by Crippen LogP contribution is 2.36. The van der Waals surface area contributed by atoms with Crippen LogP contribution in [0.25, 0.3) is 17.0 Å². The minimum atomic E-state index is -0.0203. The molecule has 0 spiro atoms. The van der Waals surface area contributed by atoms with Crippen molar-refractivity contribution in [2.24, 2.45) is 0 Å². The van der Waals surface area contributed by atoms with E-state index in [0.29, 0.717) is 11.5 Å². The predicted octanol–water partition coefficient (Wildman–Crippen LogP) is 6.73. The summed E-state index contributed by atoms with van der Waals surface area (Å²) in [5.74, 6) is 0. The first-order valence-electron chi connectivity index (χ1n) is 10.1. The zero-order chi connectivity index (χ0) is 21.2. The first-order chi connectivity index (χ1) is 15.2. The van der Waals surface area contributed by atoms with Crippen LogP contribution >= 0.6 is 24.0 Å². The van der Waals surface area contributed by atoms with Crippen LogP contribution in [0.15, 0.2) is 96.0 Å². The van der Waals surface area contributed by atoms with Crippen LogP contribution in [0, 0.1) is 0 Å². The summed E-state index contributed by atoms with van der Waals surface area (Å²) in [5, 5.41) is 1.14. The van der Waals surface area contributed by atoms with Crippen molar-refractivity contribution in [3.05, 3.63) is 113 Å². The third kappa shape index (κ3) is 4.07. The zero-order valence-electron chi connectivity index (χ0n) is 16.8. The van der Waals surface area contributed by atoms with Crippen LogP contribution in [0.5, 0.6) is 0 Å². The van der Waals surface area contributed by atoms with E-state index in [1.807, 2.05) is 42.5 Å². The fourth-order valence-electron chi connectivity index (χ4n) is 3.84. The summed E-state index contributed by atoms with van der Waals surface area (Å²) in [6, 6.07) is 28.7. The summed E-state index contributed by atoms with van der Waals surface area (Å²) < 4.78 is 2.25. The SMILES string of the molecule is O=C1S/C(=C\c2cn(Cc3ccccc3)c3ccccc23)C(=S)N1Cc1ccccc1. The fourth-order valence-corrected chi connectivity index (χ4v) is 5.07. The van der Waals surface area contributed by atoms with E-state index < -0.39 is 0 Å². The van der Waals surface area contributed by atoms with Crippen molar-refractivity contribution in [2.45, 2.75) is 13.1 Å². The van der Waals surface area contributed by atoms with Crippen molar-refractivity contribution in [1.29, 1.82) is 0 Å². The molecule has 3 nitrogen and oxygen atoms in total. The van der Waals surface area contributed by atoms with E-state index in [-0.39, 0.29) is 5.24 Å². The topological polar surface area (TPSA) is 25.2 Å². The lowest BCUT2D eigenvalue weighted by atomic mass is 10.1. The largest absolute Gasteiger partial charge is 0.342 e. The predicted molar refractivity (Wildman–Crippen MR) is 133 cm³/mol. The second kappa shape index (κ2) is 8.53. The molecule has 0 radical (unpaired) electrons. The molecule has 5 heteroatoms. The Hall–Kier alpha value is -3.15. The van der Waals surface area contributed by atoms with Gasteiger partial charge in [0, 0.05) is 29.2 Å². The molecule has 0 unspecified atom stereocenters. The summed E-state index contributed by atoms with van der Waals surface area (Å²) in [4.78, 5) is 15.8. The van der Waals surface area contributed by atoms with Gasteiger partial charge in [0.2, 0.25) is 0 Å². The Bertz CT molecular complexity index is 1290. The molecule has 1 saturated heterocycles. The lowest BCUT2D eigenvalue weighted by Crippen LogP contribution is -2.26. The minimum absolute atomic E-state index is 0.0203. The zero-order valence-corrected chi connectivity index (χ0v) is 18.4. The monoisotopic (exact) mass is 440 g/mol. The average Bonchev–Trinajstić information content (AvgIpc) is 3.27. The third-order valence-electron chi connectivity index (χ3n) is 5.36. The van der Waals surface area contributed by atoms with Crippen LogP contribution in [0.3, 0.4) is 0 Å². The number of para-hydroxylation sites is 1. The van der Waals surface area contributed by atoms with Gasteiger partial charge in [-0.2, -0.15) is 0 Å². The van der Waals surface area contributed by atoms with Crippen molar-refractivity contribution in [3.63, 3.8) is 0 Å². The lowest BCUT2D eigenvalue weighted by molar-refractivity contribution is 0.244. The first-order valence-corrected chi connectivity index (χ1v) is 11.3. The summed E-state index contributed by atoms with van der Waals surface area (Å²) in [5.41, 5.74) is 4.56. The number of benzene rings is 3. The van der Waals surface area contributed by atoms with E-state index in [1.54, 1.807) is 4.90 Å². The van der Waals surface area contributed by atoms with Crippen molar-refractivity contribution < 1.29 is 4.79 Å². The van der Waals surface area contributed by atoms with Crippen LogP contribution in [0.1, 0.15) is 16.7 Å². The number of carbonyl (C=O) groups excluding carboxylic acids is 1. The van der Waals surface area contributed by atoms with Crippen LogP contribution < -0.4 is 0 Å². The van der Waals surface area contributed by atoms with Gasteiger partial charge >= 0.3 is 0 Å². The van der Waals surface area contributed by atoms with Gasteiger partial charge in [-0.1, -0.05) is 91.1 Å². The molecular formula is C26H20N2OS2. The molecule has 1 aliphatic rings. The fraction of sp³-hybridized carbons (Fsp3) is 0.0769. The number of nitrogens with zero attached hydrogens (tertiary/aromatic N) is 2. The molecule has 1 aliphatic heterocycles. The number of hydrogen-bond donors (Lipinski definition) is 0. The van der Waals surface area contributed by atoms with Gasteiger partial charge in [0.15, 0.2) is 0 Å². The molecule has 1 amide bonds. The number of amides is 1. The van der Waals surface area contributed by atoms with Gasteiger partial charge in [-0.05, 0) is 35.0 Å². The maximum atomic E-state index is 12.7. The number of fused-ring (bicyclic) bond motifs is 1. The summed E-state index contributed by atoms with van der Waals surface area (Å²) >= 11 is 6.90. The Labute approximate surface area is 191 Å². The summed E-state index contributed by atoms with van der Waals surface area (Å²) in [7, 11) is 0. The number of aromatic nitrogens is 1. The van der Waals surface area contributed by atoms with Crippen molar-refractivity contribution in [3.8, 4) is 0 Å². The van der Waals surface area contributed by atoms with Gasteiger partial charge < -0.3 is 4.57 Å². The highest BCUT2D eigenvalue weighted by atomic mass is 32.2. The Morgan fingerprint density at radius 2 is 1.42 bits per heavy atom. The Morgan fingerprint density at radius 1 is 0.806 bits per heavy atom. The summed E-state index contributed by atoms with van der Waals surface area (Å²) in [6.07, 6.45) is 4.21. The highest BCUT2D eigenvalue weighted by Gasteiger charge is 2.31. The molecule has 1 fully saturated rings. The normalized spacial score (nSPS) is 15.4. The van der Waals surface area contributed by atoms with Gasteiger partial charge in [0.05, 0.1) is 11.4 Å². The summed E-state index contributed by atoms with van der Waals surface area (Å²) in [6.45, 7) is 1.29. The van der Waals surface area contributed by atoms with E-state index in [0.717, 1.165) is 28.0 Å². The second-order valence-electron chi connectivity index (χ2n) is 7.47. The van der Waals surface area contributed by atoms with E-state index >= 15 is 0 Å². The van der Waals surface area contributed by atoms with Crippen molar-refractivity contribution >= 4 is 51.2 Å². The van der Waals surface area contributed by atoms with Gasteiger partial charge in [0.1, 0.15) is 4.99 Å². The molecule has 0 atom stereocenters. The number of carbonyl (C=O) groups is 1. The number of thioether (sulfide) groups is 1. The third-order valence-corrected chi connectivity index (χ3v) is 6.85. The molecular weight excluding hydrogens is 420 g/mol. The first kappa shape index (κ1) is 19.8. The number of thiocarbonyl (C=S) groups is 1. The smallest absolute Gasteiger partial charge is 0.291 e. The minimum Gasteiger partial charge on any atom is -0.342 e. The molecule has 0 aliphatic carbocycles. The Morgan fingerprint density at radius 3 is 2.13 bits per heavy atom. The molecule has 0 saturated carbocycles. The van der Waals surface area contributed by atoms with E-state index in [4.69, 9.17) is 12.2 Å². The molecule has 31 heavy (non-hydrogen) atoms. The lowest BCUT2D eigenvalue weighted by Gasteiger charge is -2.14. The van der Waals surface area contributed by atoms with Gasteiger partial charge in [-0.3, -0.25) is 9.69 Å². The maximum absolute atomic E-state index is 12.7. The molecule has 4 aromatic rings. The molecule has 1 aromatic heterocycles. The highest BCUT2D eigenvalue weighted by molar-refractivity contribution is 8.19. The Kier molecular flexibility index (Phi) is 5.45. The van der Waals surface area contributed by atoms with Gasteiger partial charge in [-0.15, -0.1) is 0 Å². The Balaban J connectivity index is 1.47. The van der Waals surface area contributed by atoms with Crippen LogP contribution in [0.4, 0.5) is 4.79 Å². The quantitative estimate of drug-likeness (QED) is 0.254. The van der Waals surface area contributed by atoms with E-state index in [2.05, 4.69) is 59.3 Å². The standard InChI is InChI=1S/C26H20N2OS2/c29-26-28(17-20-11-5-2-6-12-20)25(30)24(31-26)15-21-18-27(16-19-9-3-1-4-10-19)23-14-8-7-13-22(21)23/h1-15,18H,16-17H2/b24-15-.